The molecule has 1 heterocycles. The number of para-hydroxylation sites is 1. The Bertz CT molecular complexity index is 533. The zero-order valence-electron chi connectivity index (χ0n) is 12.5. The van der Waals surface area contributed by atoms with Crippen molar-refractivity contribution in [2.24, 2.45) is 5.92 Å². The van der Waals surface area contributed by atoms with E-state index >= 15 is 0 Å². The van der Waals surface area contributed by atoms with E-state index in [1.54, 1.807) is 24.0 Å². The molecule has 1 aliphatic rings. The van der Waals surface area contributed by atoms with E-state index in [1.807, 2.05) is 0 Å². The summed E-state index contributed by atoms with van der Waals surface area (Å²) in [6.45, 7) is 5.35. The lowest BCUT2D eigenvalue weighted by Crippen LogP contribution is -2.40. The quantitative estimate of drug-likeness (QED) is 0.924. The molecule has 1 fully saturated rings. The molecule has 0 aromatic heterocycles. The van der Waals surface area contributed by atoms with Gasteiger partial charge in [0.15, 0.2) is 6.61 Å². The van der Waals surface area contributed by atoms with E-state index in [0.29, 0.717) is 5.92 Å². The van der Waals surface area contributed by atoms with E-state index in [2.05, 4.69) is 6.92 Å². The molecule has 21 heavy (non-hydrogen) atoms. The van der Waals surface area contributed by atoms with Crippen molar-refractivity contribution >= 4 is 11.9 Å². The summed E-state index contributed by atoms with van der Waals surface area (Å²) in [6.07, 6.45) is 2.02. The van der Waals surface area contributed by atoms with Gasteiger partial charge in [0.05, 0.1) is 0 Å². The predicted molar refractivity (Wildman–Crippen MR) is 78.6 cm³/mol. The van der Waals surface area contributed by atoms with E-state index in [4.69, 9.17) is 9.84 Å². The number of hydrogen-bond donors (Lipinski definition) is 1. The molecule has 1 amide bonds. The van der Waals surface area contributed by atoms with Crippen LogP contribution in [-0.2, 0) is 4.79 Å². The second-order valence-corrected chi connectivity index (χ2v) is 5.61. The van der Waals surface area contributed by atoms with Gasteiger partial charge in [0.1, 0.15) is 11.3 Å². The summed E-state index contributed by atoms with van der Waals surface area (Å²) in [6, 6.07) is 4.92. The van der Waals surface area contributed by atoms with Crippen molar-refractivity contribution in [3.63, 3.8) is 0 Å². The third-order valence-electron chi connectivity index (χ3n) is 3.92. The van der Waals surface area contributed by atoms with Gasteiger partial charge in [-0.2, -0.15) is 0 Å². The highest BCUT2D eigenvalue weighted by Crippen LogP contribution is 2.24. The second kappa shape index (κ2) is 6.61. The normalized spacial score (nSPS) is 15.8. The summed E-state index contributed by atoms with van der Waals surface area (Å²) in [7, 11) is 0. The molecule has 5 heteroatoms. The molecule has 1 aromatic carbocycles. The van der Waals surface area contributed by atoms with Crippen molar-refractivity contribution < 1.29 is 19.4 Å². The van der Waals surface area contributed by atoms with Gasteiger partial charge in [-0.1, -0.05) is 19.1 Å². The Morgan fingerprint density at radius 3 is 2.62 bits per heavy atom. The minimum absolute atomic E-state index is 0.0820. The van der Waals surface area contributed by atoms with Crippen molar-refractivity contribution in [3.05, 3.63) is 29.3 Å². The van der Waals surface area contributed by atoms with Crippen LogP contribution < -0.4 is 4.74 Å². The van der Waals surface area contributed by atoms with E-state index in [-0.39, 0.29) is 23.8 Å². The van der Waals surface area contributed by atoms with Gasteiger partial charge in [-0.3, -0.25) is 4.79 Å². The van der Waals surface area contributed by atoms with Gasteiger partial charge in [-0.25, -0.2) is 4.79 Å². The van der Waals surface area contributed by atoms with Crippen LogP contribution in [0.3, 0.4) is 0 Å². The molecule has 0 bridgehead atoms. The molecule has 114 valence electrons. The second-order valence-electron chi connectivity index (χ2n) is 5.61. The maximum Gasteiger partial charge on any atom is 0.339 e. The molecule has 0 atom stereocenters. The highest BCUT2D eigenvalue weighted by molar-refractivity contribution is 5.91. The molecule has 1 aromatic rings. The monoisotopic (exact) mass is 291 g/mol. The fourth-order valence-corrected chi connectivity index (χ4v) is 2.50. The zero-order valence-corrected chi connectivity index (χ0v) is 12.5. The Labute approximate surface area is 124 Å². The van der Waals surface area contributed by atoms with Gasteiger partial charge in [0.25, 0.3) is 5.91 Å². The molecule has 2 rings (SSSR count). The number of carboxylic acid groups (broad SMARTS) is 1. The summed E-state index contributed by atoms with van der Waals surface area (Å²) in [5, 5.41) is 9.16. The average molecular weight is 291 g/mol. The maximum absolute atomic E-state index is 12.1. The van der Waals surface area contributed by atoms with Crippen molar-refractivity contribution in [3.8, 4) is 5.75 Å². The average Bonchev–Trinajstić information content (AvgIpc) is 2.46. The van der Waals surface area contributed by atoms with Crippen LogP contribution in [0, 0.1) is 12.8 Å². The number of aryl methyl sites for hydroxylation is 1. The van der Waals surface area contributed by atoms with E-state index in [0.717, 1.165) is 31.5 Å². The number of aromatic carboxylic acids is 1. The smallest absolute Gasteiger partial charge is 0.339 e. The van der Waals surface area contributed by atoms with E-state index in [1.165, 1.54) is 6.07 Å². The highest BCUT2D eigenvalue weighted by atomic mass is 16.5. The number of nitrogens with zero attached hydrogens (tertiary/aromatic N) is 1. The number of benzene rings is 1. The van der Waals surface area contributed by atoms with Crippen LogP contribution in [0.2, 0.25) is 0 Å². The summed E-state index contributed by atoms with van der Waals surface area (Å²) < 4.78 is 5.50. The number of amides is 1. The third-order valence-corrected chi connectivity index (χ3v) is 3.92. The molecule has 0 radical (unpaired) electrons. The lowest BCUT2D eigenvalue weighted by Gasteiger charge is -2.30. The van der Waals surface area contributed by atoms with Crippen molar-refractivity contribution in [2.45, 2.75) is 26.7 Å². The number of piperidine rings is 1. The van der Waals surface area contributed by atoms with Gasteiger partial charge in [-0.05, 0) is 37.3 Å². The molecule has 1 N–H and O–H groups in total. The molecule has 0 saturated carbocycles. The zero-order chi connectivity index (χ0) is 15.4. The van der Waals surface area contributed by atoms with Crippen LogP contribution in [0.5, 0.6) is 5.75 Å². The minimum atomic E-state index is -1.05. The fraction of sp³-hybridized carbons (Fsp3) is 0.500. The SMILES string of the molecule is Cc1cccc(C(=O)O)c1OCC(=O)N1CCC(C)CC1. The molecule has 1 saturated heterocycles. The van der Waals surface area contributed by atoms with E-state index < -0.39 is 5.97 Å². The Kier molecular flexibility index (Phi) is 4.83. The van der Waals surface area contributed by atoms with Gasteiger partial charge in [-0.15, -0.1) is 0 Å². The Morgan fingerprint density at radius 2 is 2.00 bits per heavy atom. The van der Waals surface area contributed by atoms with Crippen LogP contribution in [0.15, 0.2) is 18.2 Å². The minimum Gasteiger partial charge on any atom is -0.483 e. The first kappa shape index (κ1) is 15.4. The summed E-state index contributed by atoms with van der Waals surface area (Å²) >= 11 is 0. The number of carboxylic acids is 1. The first-order chi connectivity index (χ1) is 9.99. The van der Waals surface area contributed by atoms with Crippen molar-refractivity contribution in [2.75, 3.05) is 19.7 Å². The first-order valence-electron chi connectivity index (χ1n) is 7.22. The van der Waals surface area contributed by atoms with Crippen molar-refractivity contribution in [1.82, 2.24) is 4.90 Å². The molecule has 0 spiro atoms. The number of carbonyl (C=O) groups excluding carboxylic acids is 1. The molecule has 1 aliphatic heterocycles. The molecular formula is C16H21NO4. The maximum atomic E-state index is 12.1. The van der Waals surface area contributed by atoms with Gasteiger partial charge < -0.3 is 14.7 Å². The predicted octanol–water partition coefficient (Wildman–Crippen LogP) is 2.33. The number of likely N-dealkylation sites (tertiary alicyclic amines) is 1. The molecule has 0 unspecified atom stereocenters. The van der Waals surface area contributed by atoms with Crippen LogP contribution in [-0.4, -0.2) is 41.6 Å². The Hall–Kier alpha value is -2.04. The lowest BCUT2D eigenvalue weighted by atomic mass is 9.99. The first-order valence-corrected chi connectivity index (χ1v) is 7.22. The van der Waals surface area contributed by atoms with Gasteiger partial charge >= 0.3 is 5.97 Å². The van der Waals surface area contributed by atoms with Crippen LogP contribution in [0.1, 0.15) is 35.7 Å². The number of rotatable bonds is 4. The van der Waals surface area contributed by atoms with Gasteiger partial charge in [0.2, 0.25) is 0 Å². The molecule has 5 nitrogen and oxygen atoms in total. The van der Waals surface area contributed by atoms with Gasteiger partial charge in [0, 0.05) is 13.1 Å². The van der Waals surface area contributed by atoms with E-state index in [9.17, 15) is 9.59 Å². The third kappa shape index (κ3) is 3.74. The van der Waals surface area contributed by atoms with Crippen molar-refractivity contribution in [1.29, 1.82) is 0 Å². The summed E-state index contributed by atoms with van der Waals surface area (Å²) in [5.74, 6) is -0.192. The summed E-state index contributed by atoms with van der Waals surface area (Å²) in [4.78, 5) is 25.1. The highest BCUT2D eigenvalue weighted by Gasteiger charge is 2.21. The standard InChI is InChI=1S/C16H21NO4/c1-11-6-8-17(9-7-11)14(18)10-21-15-12(2)4-3-5-13(15)16(19)20/h3-5,11H,6-10H2,1-2H3,(H,19,20). The topological polar surface area (TPSA) is 66.8 Å². The molecular weight excluding hydrogens is 270 g/mol. The fourth-order valence-electron chi connectivity index (χ4n) is 2.50. The largest absolute Gasteiger partial charge is 0.483 e. The van der Waals surface area contributed by atoms with Crippen LogP contribution in [0.4, 0.5) is 0 Å². The Balaban J connectivity index is 2.00. The van der Waals surface area contributed by atoms with Crippen LogP contribution >= 0.6 is 0 Å². The summed E-state index contributed by atoms with van der Waals surface area (Å²) in [5.41, 5.74) is 0.810. The number of carbonyl (C=O) groups is 2. The lowest BCUT2D eigenvalue weighted by molar-refractivity contribution is -0.134. The molecule has 0 aliphatic carbocycles. The number of ether oxygens (including phenoxy) is 1. The number of hydrogen-bond acceptors (Lipinski definition) is 3. The Morgan fingerprint density at radius 1 is 1.33 bits per heavy atom. The van der Waals surface area contributed by atoms with Crippen LogP contribution in [0.25, 0.3) is 0 Å².